The van der Waals surface area contributed by atoms with Gasteiger partial charge in [-0.15, -0.1) is 0 Å². The van der Waals surface area contributed by atoms with Crippen LogP contribution in [0.15, 0.2) is 54.6 Å². The van der Waals surface area contributed by atoms with Crippen molar-refractivity contribution in [2.24, 2.45) is 0 Å². The third-order valence-corrected chi connectivity index (χ3v) is 6.95. The van der Waals surface area contributed by atoms with Crippen molar-refractivity contribution in [2.45, 2.75) is 38.4 Å². The fourth-order valence-electron chi connectivity index (χ4n) is 4.74. The zero-order chi connectivity index (χ0) is 22.1. The van der Waals surface area contributed by atoms with Crippen LogP contribution in [0.3, 0.4) is 0 Å². The lowest BCUT2D eigenvalue weighted by Gasteiger charge is -2.28. The van der Waals surface area contributed by atoms with Crippen LogP contribution in [0.5, 0.6) is 11.5 Å². The molecular weight excluding hydrogens is 424 g/mol. The quantitative estimate of drug-likeness (QED) is 0.533. The molecule has 5 rings (SSSR count). The molecule has 3 aromatic rings. The zero-order valence-electron chi connectivity index (χ0n) is 18.2. The molecule has 1 atom stereocenters. The smallest absolute Gasteiger partial charge is 0.231 e. The van der Waals surface area contributed by atoms with Gasteiger partial charge in [-0.25, -0.2) is 0 Å². The number of hydrogen-bond donors (Lipinski definition) is 0. The Morgan fingerprint density at radius 2 is 1.81 bits per heavy atom. The average molecular weight is 451 g/mol. The van der Waals surface area contributed by atoms with Crippen molar-refractivity contribution in [3.63, 3.8) is 0 Å². The van der Waals surface area contributed by atoms with Gasteiger partial charge in [0.15, 0.2) is 11.5 Å². The van der Waals surface area contributed by atoms with Crippen LogP contribution in [0.4, 0.5) is 0 Å². The predicted octanol–water partition coefficient (Wildman–Crippen LogP) is 5.24. The summed E-state index contributed by atoms with van der Waals surface area (Å²) in [5, 5.41) is 3.17. The zero-order valence-corrected chi connectivity index (χ0v) is 19.0. The summed E-state index contributed by atoms with van der Waals surface area (Å²) >= 11 is 6.45. The highest BCUT2D eigenvalue weighted by atomic mass is 35.5. The first-order valence-electron chi connectivity index (χ1n) is 11.1. The van der Waals surface area contributed by atoms with E-state index >= 15 is 0 Å². The van der Waals surface area contributed by atoms with E-state index in [4.69, 9.17) is 21.1 Å². The summed E-state index contributed by atoms with van der Waals surface area (Å²) in [4.78, 5) is 17.2. The number of nitrogens with zero attached hydrogens (tertiary/aromatic N) is 2. The van der Waals surface area contributed by atoms with Crippen LogP contribution in [0, 0.1) is 0 Å². The Hall–Kier alpha value is -2.76. The third-order valence-electron chi connectivity index (χ3n) is 6.60. The second-order valence-electron chi connectivity index (χ2n) is 8.65. The summed E-state index contributed by atoms with van der Waals surface area (Å²) in [5.74, 6) is 1.54. The summed E-state index contributed by atoms with van der Waals surface area (Å²) < 4.78 is 10.9. The van der Waals surface area contributed by atoms with Crippen LogP contribution in [0.1, 0.15) is 30.4 Å². The van der Waals surface area contributed by atoms with Crippen molar-refractivity contribution in [1.29, 1.82) is 0 Å². The van der Waals surface area contributed by atoms with Gasteiger partial charge in [-0.1, -0.05) is 54.1 Å². The standard InChI is InChI=1S/C26H27ClN2O3/c1-28(15-19-7-4-6-18-5-2-3-8-22(18)19)21-9-10-26(30)29(12-11-21)16-20-13-24-25(14-23(20)27)32-17-31-24/h2-8,13-14,21H,9-12,15-17H2,1H3/t21-/m1/s1. The third kappa shape index (κ3) is 4.27. The summed E-state index contributed by atoms with van der Waals surface area (Å²) in [6.45, 7) is 2.29. The van der Waals surface area contributed by atoms with Gasteiger partial charge in [0.1, 0.15) is 0 Å². The lowest BCUT2D eigenvalue weighted by atomic mass is 10.0. The maximum absolute atomic E-state index is 12.9. The van der Waals surface area contributed by atoms with Crippen molar-refractivity contribution >= 4 is 28.3 Å². The van der Waals surface area contributed by atoms with Gasteiger partial charge in [0.25, 0.3) is 0 Å². The van der Waals surface area contributed by atoms with Gasteiger partial charge in [-0.2, -0.15) is 0 Å². The largest absolute Gasteiger partial charge is 0.454 e. The van der Waals surface area contributed by atoms with Crippen LogP contribution >= 0.6 is 11.6 Å². The van der Waals surface area contributed by atoms with Crippen molar-refractivity contribution in [1.82, 2.24) is 9.80 Å². The Morgan fingerprint density at radius 1 is 1.03 bits per heavy atom. The number of amides is 1. The van der Waals surface area contributed by atoms with Gasteiger partial charge in [-0.3, -0.25) is 9.69 Å². The number of ether oxygens (including phenoxy) is 2. The molecule has 1 saturated heterocycles. The first-order valence-corrected chi connectivity index (χ1v) is 11.5. The number of carbonyl (C=O) groups excluding carboxylic acids is 1. The van der Waals surface area contributed by atoms with Gasteiger partial charge in [0.2, 0.25) is 12.7 Å². The molecular formula is C26H27ClN2O3. The van der Waals surface area contributed by atoms with Crippen molar-refractivity contribution < 1.29 is 14.3 Å². The number of fused-ring (bicyclic) bond motifs is 2. The SMILES string of the molecule is CN(Cc1cccc2ccccc12)[C@@H]1CCC(=O)N(Cc2cc3c(cc2Cl)OCO3)CC1. The minimum Gasteiger partial charge on any atom is -0.454 e. The summed E-state index contributed by atoms with van der Waals surface area (Å²) in [6, 6.07) is 19.0. The number of halogens is 1. The Kier molecular flexibility index (Phi) is 5.94. The van der Waals surface area contributed by atoms with E-state index in [9.17, 15) is 4.79 Å². The normalized spacial score (nSPS) is 18.4. The Morgan fingerprint density at radius 3 is 2.69 bits per heavy atom. The molecule has 0 unspecified atom stereocenters. The van der Waals surface area contributed by atoms with Gasteiger partial charge < -0.3 is 14.4 Å². The first kappa shape index (κ1) is 21.1. The molecule has 2 aliphatic heterocycles. The van der Waals surface area contributed by atoms with Gasteiger partial charge in [0.05, 0.1) is 0 Å². The summed E-state index contributed by atoms with van der Waals surface area (Å²) in [7, 11) is 2.17. The maximum atomic E-state index is 12.9. The number of carbonyl (C=O) groups is 1. The molecule has 2 aliphatic rings. The Labute approximate surface area is 193 Å². The minimum atomic E-state index is 0.180. The van der Waals surface area contributed by atoms with Crippen LogP contribution in [-0.4, -0.2) is 42.1 Å². The summed E-state index contributed by atoms with van der Waals surface area (Å²) in [6.07, 6.45) is 2.35. The number of rotatable bonds is 5. The summed E-state index contributed by atoms with van der Waals surface area (Å²) in [5.41, 5.74) is 2.22. The molecule has 0 aromatic heterocycles. The maximum Gasteiger partial charge on any atom is 0.231 e. The molecule has 3 aromatic carbocycles. The highest BCUT2D eigenvalue weighted by molar-refractivity contribution is 6.31. The van der Waals surface area contributed by atoms with Crippen molar-refractivity contribution in [2.75, 3.05) is 20.4 Å². The molecule has 0 N–H and O–H groups in total. The van der Waals surface area contributed by atoms with E-state index in [1.807, 2.05) is 11.0 Å². The van der Waals surface area contributed by atoms with Crippen LogP contribution in [0.25, 0.3) is 10.8 Å². The average Bonchev–Trinajstić information content (AvgIpc) is 3.16. The molecule has 2 heterocycles. The molecule has 0 radical (unpaired) electrons. The highest BCUT2D eigenvalue weighted by Gasteiger charge is 2.26. The van der Waals surface area contributed by atoms with Crippen LogP contribution in [-0.2, 0) is 17.9 Å². The Balaban J connectivity index is 1.26. The molecule has 1 fully saturated rings. The lowest BCUT2D eigenvalue weighted by Crippen LogP contribution is -2.33. The fraction of sp³-hybridized carbons (Fsp3) is 0.346. The van der Waals surface area contributed by atoms with E-state index in [1.165, 1.54) is 16.3 Å². The molecule has 166 valence electrons. The molecule has 6 heteroatoms. The van der Waals surface area contributed by atoms with Gasteiger partial charge >= 0.3 is 0 Å². The molecule has 0 aliphatic carbocycles. The molecule has 32 heavy (non-hydrogen) atoms. The minimum absolute atomic E-state index is 0.180. The fourth-order valence-corrected chi connectivity index (χ4v) is 4.96. The Bertz CT molecular complexity index is 1140. The van der Waals surface area contributed by atoms with E-state index < -0.39 is 0 Å². The molecule has 1 amide bonds. The van der Waals surface area contributed by atoms with E-state index in [1.54, 1.807) is 6.07 Å². The highest BCUT2D eigenvalue weighted by Crippen LogP contribution is 2.37. The van der Waals surface area contributed by atoms with E-state index in [0.717, 1.165) is 24.9 Å². The first-order chi connectivity index (χ1) is 15.6. The van der Waals surface area contributed by atoms with E-state index in [-0.39, 0.29) is 12.7 Å². The van der Waals surface area contributed by atoms with Gasteiger partial charge in [0, 0.05) is 43.2 Å². The molecule has 5 nitrogen and oxygen atoms in total. The molecule has 0 bridgehead atoms. The second-order valence-corrected chi connectivity index (χ2v) is 9.05. The lowest BCUT2D eigenvalue weighted by molar-refractivity contribution is -0.131. The van der Waals surface area contributed by atoms with Gasteiger partial charge in [-0.05, 0) is 47.9 Å². The van der Waals surface area contributed by atoms with E-state index in [2.05, 4.69) is 54.4 Å². The number of likely N-dealkylation sites (tertiary alicyclic amines) is 1. The van der Waals surface area contributed by atoms with Crippen molar-refractivity contribution in [3.8, 4) is 11.5 Å². The van der Waals surface area contributed by atoms with Crippen molar-refractivity contribution in [3.05, 3.63) is 70.7 Å². The van der Waals surface area contributed by atoms with Crippen LogP contribution < -0.4 is 9.47 Å². The predicted molar refractivity (Wildman–Crippen MR) is 126 cm³/mol. The second kappa shape index (κ2) is 9.00. The van der Waals surface area contributed by atoms with E-state index in [0.29, 0.717) is 42.1 Å². The number of benzene rings is 3. The molecule has 0 saturated carbocycles. The number of hydrogen-bond acceptors (Lipinski definition) is 4. The monoisotopic (exact) mass is 450 g/mol. The van der Waals surface area contributed by atoms with Crippen LogP contribution in [0.2, 0.25) is 5.02 Å². The topological polar surface area (TPSA) is 42.0 Å². The molecule has 0 spiro atoms.